The van der Waals surface area contributed by atoms with Gasteiger partial charge in [0.2, 0.25) is 17.3 Å². The number of fused-ring (bicyclic) bond motifs is 1. The van der Waals surface area contributed by atoms with Crippen molar-refractivity contribution < 1.29 is 14.3 Å². The van der Waals surface area contributed by atoms with Gasteiger partial charge in [-0.3, -0.25) is 14.6 Å². The van der Waals surface area contributed by atoms with Crippen molar-refractivity contribution in [1.29, 1.82) is 0 Å². The normalized spacial score (nSPS) is 16.5. The number of methoxy groups -OCH3 is 1. The number of aromatic amines is 1. The van der Waals surface area contributed by atoms with Crippen molar-refractivity contribution in [3.63, 3.8) is 0 Å². The molecule has 0 bridgehead atoms. The standard InChI is InChI=1S/C19H18N4O4/c1-26-17-9-20-10-18(22-17)27-12-6-7-23(11-12)19(25)14-8-16(24)21-15-5-3-2-4-13(14)15/h2-5,8-10,12H,6-7,11H2,1H3,(H,21,24). The van der Waals surface area contributed by atoms with Crippen LogP contribution in [0, 0.1) is 0 Å². The first-order valence-corrected chi connectivity index (χ1v) is 8.58. The van der Waals surface area contributed by atoms with Crippen molar-refractivity contribution in [2.75, 3.05) is 20.2 Å². The van der Waals surface area contributed by atoms with Crippen molar-refractivity contribution in [1.82, 2.24) is 19.9 Å². The Morgan fingerprint density at radius 1 is 1.26 bits per heavy atom. The third-order valence-corrected chi connectivity index (χ3v) is 4.50. The largest absolute Gasteiger partial charge is 0.480 e. The molecule has 0 saturated carbocycles. The summed E-state index contributed by atoms with van der Waals surface area (Å²) in [5, 5.41) is 0.727. The molecule has 1 N–H and O–H groups in total. The minimum Gasteiger partial charge on any atom is -0.480 e. The van der Waals surface area contributed by atoms with Crippen LogP contribution in [0.25, 0.3) is 10.9 Å². The number of rotatable bonds is 4. The molecule has 0 aliphatic carbocycles. The number of amides is 1. The smallest absolute Gasteiger partial charge is 0.254 e. The number of hydrogen-bond donors (Lipinski definition) is 1. The van der Waals surface area contributed by atoms with Gasteiger partial charge in [-0.05, 0) is 6.07 Å². The monoisotopic (exact) mass is 366 g/mol. The maximum atomic E-state index is 13.0. The zero-order valence-corrected chi connectivity index (χ0v) is 14.7. The molecular formula is C19H18N4O4. The van der Waals surface area contributed by atoms with Crippen molar-refractivity contribution >= 4 is 16.8 Å². The van der Waals surface area contributed by atoms with Crippen LogP contribution in [0.5, 0.6) is 11.8 Å². The highest BCUT2D eigenvalue weighted by atomic mass is 16.5. The molecule has 1 aliphatic rings. The molecule has 1 aromatic carbocycles. The van der Waals surface area contributed by atoms with Gasteiger partial charge in [-0.1, -0.05) is 18.2 Å². The lowest BCUT2D eigenvalue weighted by atomic mass is 10.1. The van der Waals surface area contributed by atoms with E-state index < -0.39 is 0 Å². The Morgan fingerprint density at radius 3 is 2.93 bits per heavy atom. The van der Waals surface area contributed by atoms with Gasteiger partial charge >= 0.3 is 0 Å². The SMILES string of the molecule is COc1cncc(OC2CCN(C(=O)c3cc(=O)[nH]c4ccccc34)C2)n1. The fourth-order valence-corrected chi connectivity index (χ4v) is 3.22. The van der Waals surface area contributed by atoms with Crippen molar-refractivity contribution in [2.45, 2.75) is 12.5 Å². The van der Waals surface area contributed by atoms with Crippen LogP contribution in [0.3, 0.4) is 0 Å². The van der Waals surface area contributed by atoms with Crippen LogP contribution < -0.4 is 15.0 Å². The number of carbonyl (C=O) groups is 1. The highest BCUT2D eigenvalue weighted by molar-refractivity contribution is 6.06. The van der Waals surface area contributed by atoms with E-state index in [2.05, 4.69) is 15.0 Å². The number of ether oxygens (including phenoxy) is 2. The Morgan fingerprint density at radius 2 is 2.07 bits per heavy atom. The molecule has 8 nitrogen and oxygen atoms in total. The van der Waals surface area contributed by atoms with Crippen molar-refractivity contribution in [2.24, 2.45) is 0 Å². The highest BCUT2D eigenvalue weighted by Crippen LogP contribution is 2.22. The predicted molar refractivity (Wildman–Crippen MR) is 98.1 cm³/mol. The van der Waals surface area contributed by atoms with E-state index in [0.29, 0.717) is 42.4 Å². The molecule has 2 aromatic heterocycles. The van der Waals surface area contributed by atoms with Gasteiger partial charge < -0.3 is 19.4 Å². The first kappa shape index (κ1) is 17.0. The molecule has 1 amide bonds. The molecule has 0 spiro atoms. The van der Waals surface area contributed by atoms with E-state index >= 15 is 0 Å². The maximum absolute atomic E-state index is 13.0. The lowest BCUT2D eigenvalue weighted by molar-refractivity contribution is 0.0772. The van der Waals surface area contributed by atoms with Crippen LogP contribution in [0.1, 0.15) is 16.8 Å². The average Bonchev–Trinajstić information content (AvgIpc) is 3.15. The van der Waals surface area contributed by atoms with E-state index in [1.807, 2.05) is 18.2 Å². The number of carbonyl (C=O) groups excluding carboxylic acids is 1. The van der Waals surface area contributed by atoms with Crippen molar-refractivity contribution in [3.05, 3.63) is 58.6 Å². The van der Waals surface area contributed by atoms with E-state index in [1.54, 1.807) is 11.0 Å². The zero-order valence-electron chi connectivity index (χ0n) is 14.7. The molecule has 8 heteroatoms. The van der Waals surface area contributed by atoms with Gasteiger partial charge in [0.15, 0.2) is 0 Å². The van der Waals surface area contributed by atoms with Crippen LogP contribution in [-0.4, -0.2) is 52.1 Å². The Labute approximate surface area is 154 Å². The Kier molecular flexibility index (Phi) is 4.45. The number of benzene rings is 1. The number of pyridine rings is 1. The van der Waals surface area contributed by atoms with Gasteiger partial charge in [-0.2, -0.15) is 4.98 Å². The van der Waals surface area contributed by atoms with E-state index in [1.165, 1.54) is 25.6 Å². The molecule has 1 saturated heterocycles. The highest BCUT2D eigenvalue weighted by Gasteiger charge is 2.29. The van der Waals surface area contributed by atoms with Crippen molar-refractivity contribution in [3.8, 4) is 11.8 Å². The summed E-state index contributed by atoms with van der Waals surface area (Å²) in [6, 6.07) is 8.63. The summed E-state index contributed by atoms with van der Waals surface area (Å²) in [4.78, 5) is 37.5. The van der Waals surface area contributed by atoms with Crippen LogP contribution in [0.2, 0.25) is 0 Å². The number of H-pyrrole nitrogens is 1. The third kappa shape index (κ3) is 3.46. The number of likely N-dealkylation sites (tertiary alicyclic amines) is 1. The lowest BCUT2D eigenvalue weighted by Gasteiger charge is -2.18. The third-order valence-electron chi connectivity index (χ3n) is 4.50. The van der Waals surface area contributed by atoms with Gasteiger partial charge in [-0.15, -0.1) is 0 Å². The summed E-state index contributed by atoms with van der Waals surface area (Å²) in [6.45, 7) is 0.959. The summed E-state index contributed by atoms with van der Waals surface area (Å²) in [7, 11) is 1.51. The summed E-state index contributed by atoms with van der Waals surface area (Å²) in [5.41, 5.74) is 0.749. The summed E-state index contributed by atoms with van der Waals surface area (Å²) in [5.74, 6) is 0.545. The minimum absolute atomic E-state index is 0.180. The number of nitrogens with zero attached hydrogens (tertiary/aromatic N) is 3. The molecule has 27 heavy (non-hydrogen) atoms. The summed E-state index contributed by atoms with van der Waals surface area (Å²) in [6.07, 6.45) is 3.49. The Bertz CT molecular complexity index is 1050. The van der Waals surface area contributed by atoms with Crippen LogP contribution in [-0.2, 0) is 0 Å². The molecule has 1 aliphatic heterocycles. The number of hydrogen-bond acceptors (Lipinski definition) is 6. The number of nitrogens with one attached hydrogen (secondary N) is 1. The fraction of sp³-hybridized carbons (Fsp3) is 0.263. The molecule has 3 aromatic rings. The second kappa shape index (κ2) is 7.06. The average molecular weight is 366 g/mol. The lowest BCUT2D eigenvalue weighted by Crippen LogP contribution is -2.32. The zero-order chi connectivity index (χ0) is 18.8. The van der Waals surface area contributed by atoms with Crippen LogP contribution in [0.15, 0.2) is 47.5 Å². The Hall–Kier alpha value is -3.42. The van der Waals surface area contributed by atoms with E-state index in [0.717, 1.165) is 5.39 Å². The van der Waals surface area contributed by atoms with Gasteiger partial charge in [0, 0.05) is 29.9 Å². The molecule has 138 valence electrons. The molecule has 4 rings (SSSR count). The molecule has 0 radical (unpaired) electrons. The summed E-state index contributed by atoms with van der Waals surface area (Å²) < 4.78 is 10.9. The Balaban J connectivity index is 1.52. The van der Waals surface area contributed by atoms with E-state index in [-0.39, 0.29) is 17.6 Å². The van der Waals surface area contributed by atoms with Gasteiger partial charge in [0.05, 0.1) is 31.6 Å². The topological polar surface area (TPSA) is 97.4 Å². The first-order chi connectivity index (χ1) is 13.1. The minimum atomic E-state index is -0.296. The van der Waals surface area contributed by atoms with Crippen LogP contribution >= 0.6 is 0 Å². The van der Waals surface area contributed by atoms with Gasteiger partial charge in [0.1, 0.15) is 6.10 Å². The number of aromatic nitrogens is 3. The van der Waals surface area contributed by atoms with Gasteiger partial charge in [-0.25, -0.2) is 0 Å². The molecule has 1 unspecified atom stereocenters. The van der Waals surface area contributed by atoms with E-state index in [9.17, 15) is 9.59 Å². The summed E-state index contributed by atoms with van der Waals surface area (Å²) >= 11 is 0. The first-order valence-electron chi connectivity index (χ1n) is 8.58. The van der Waals surface area contributed by atoms with Crippen LogP contribution in [0.4, 0.5) is 0 Å². The quantitative estimate of drug-likeness (QED) is 0.754. The molecule has 1 fully saturated rings. The molecule has 3 heterocycles. The second-order valence-electron chi connectivity index (χ2n) is 6.27. The fourth-order valence-electron chi connectivity index (χ4n) is 3.22. The second-order valence-corrected chi connectivity index (χ2v) is 6.27. The number of para-hydroxylation sites is 1. The van der Waals surface area contributed by atoms with E-state index in [4.69, 9.17) is 9.47 Å². The predicted octanol–water partition coefficient (Wildman–Crippen LogP) is 1.62. The maximum Gasteiger partial charge on any atom is 0.254 e. The van der Waals surface area contributed by atoms with Gasteiger partial charge in [0.25, 0.3) is 5.91 Å². The molecular weight excluding hydrogens is 348 g/mol. The molecule has 1 atom stereocenters.